The van der Waals surface area contributed by atoms with Gasteiger partial charge in [0.2, 0.25) is 0 Å². The van der Waals surface area contributed by atoms with Crippen LogP contribution in [0, 0.1) is 0 Å². The summed E-state index contributed by atoms with van der Waals surface area (Å²) < 4.78 is 0. The predicted octanol–water partition coefficient (Wildman–Crippen LogP) is 0.632. The molecule has 0 saturated heterocycles. The van der Waals surface area contributed by atoms with Gasteiger partial charge in [-0.1, -0.05) is 0 Å². The molecule has 0 amide bonds. The molecule has 0 saturated carbocycles. The quantitative estimate of drug-likeness (QED) is 0.643. The fraction of sp³-hybridized carbons (Fsp3) is 0.556. The summed E-state index contributed by atoms with van der Waals surface area (Å²) in [6.45, 7) is 2.26. The molecule has 0 bridgehead atoms. The smallest absolute Gasteiger partial charge is 0.149 e. The van der Waals surface area contributed by atoms with Crippen LogP contribution in [-0.2, 0) is 0 Å². The minimum absolute atomic E-state index is 0.222. The topological polar surface area (TPSA) is 84.1 Å². The van der Waals surface area contributed by atoms with Gasteiger partial charge in [-0.25, -0.2) is 0 Å². The Bertz CT molecular complexity index is 262. The fourth-order valence-corrected chi connectivity index (χ4v) is 1.14. The maximum atomic E-state index is 8.65. The molecule has 5 nitrogen and oxygen atoms in total. The third kappa shape index (κ3) is 3.57. The molecule has 1 unspecified atom stereocenters. The second kappa shape index (κ2) is 5.39. The summed E-state index contributed by atoms with van der Waals surface area (Å²) in [4.78, 5) is 0. The summed E-state index contributed by atoms with van der Waals surface area (Å²) in [5, 5.41) is 19.4. The van der Waals surface area contributed by atoms with Crippen LogP contribution in [0.2, 0.25) is 0 Å². The number of aromatic nitrogens is 2. The van der Waals surface area contributed by atoms with Gasteiger partial charge in [-0.3, -0.25) is 0 Å². The molecule has 1 rings (SSSR count). The molecule has 0 spiro atoms. The highest BCUT2D eigenvalue weighted by Crippen LogP contribution is 2.07. The van der Waals surface area contributed by atoms with Crippen LogP contribution in [0.15, 0.2) is 12.1 Å². The van der Waals surface area contributed by atoms with Gasteiger partial charge in [0, 0.05) is 12.6 Å². The van der Waals surface area contributed by atoms with Gasteiger partial charge in [-0.05, 0) is 31.9 Å². The van der Waals surface area contributed by atoms with E-state index >= 15 is 0 Å². The van der Waals surface area contributed by atoms with Crippen LogP contribution in [0.5, 0.6) is 0 Å². The first-order valence-corrected chi connectivity index (χ1v) is 4.69. The van der Waals surface area contributed by atoms with E-state index in [9.17, 15) is 0 Å². The molecule has 0 radical (unpaired) electrons. The van der Waals surface area contributed by atoms with Crippen LogP contribution in [-0.4, -0.2) is 28.0 Å². The minimum atomic E-state index is 0.222. The van der Waals surface area contributed by atoms with E-state index in [1.54, 1.807) is 12.1 Å². The fourth-order valence-electron chi connectivity index (χ4n) is 1.14. The van der Waals surface area contributed by atoms with Crippen LogP contribution >= 0.6 is 0 Å². The Hall–Kier alpha value is -1.36. The van der Waals surface area contributed by atoms with Crippen molar-refractivity contribution in [3.8, 4) is 0 Å². The molecule has 1 heterocycles. The number of nitrogens with two attached hydrogens (primary N) is 1. The molecule has 0 fully saturated rings. The third-order valence-corrected chi connectivity index (χ3v) is 1.87. The molecule has 0 aliphatic heterocycles. The largest absolute Gasteiger partial charge is 0.396 e. The standard InChI is InChI=1S/C9H16N4O/c1-7(3-2-6-14)11-9-5-4-8(10)12-13-9/h4-5,7,14H,2-3,6H2,1H3,(H2,10,12)(H,11,13). The van der Waals surface area contributed by atoms with Crippen LogP contribution in [0.1, 0.15) is 19.8 Å². The summed E-state index contributed by atoms with van der Waals surface area (Å²) in [5.74, 6) is 1.13. The van der Waals surface area contributed by atoms with Crippen molar-refractivity contribution in [2.24, 2.45) is 0 Å². The summed E-state index contributed by atoms with van der Waals surface area (Å²) >= 11 is 0. The van der Waals surface area contributed by atoms with E-state index in [-0.39, 0.29) is 12.6 Å². The average molecular weight is 196 g/mol. The van der Waals surface area contributed by atoms with E-state index in [4.69, 9.17) is 10.8 Å². The Morgan fingerprint density at radius 2 is 2.29 bits per heavy atom. The molecule has 78 valence electrons. The van der Waals surface area contributed by atoms with Crippen molar-refractivity contribution in [3.63, 3.8) is 0 Å². The number of aliphatic hydroxyl groups is 1. The number of nitrogens with zero attached hydrogens (tertiary/aromatic N) is 2. The van der Waals surface area contributed by atoms with Gasteiger partial charge in [0.15, 0.2) is 0 Å². The molecule has 14 heavy (non-hydrogen) atoms. The maximum absolute atomic E-state index is 8.65. The first-order valence-electron chi connectivity index (χ1n) is 4.69. The number of anilines is 2. The van der Waals surface area contributed by atoms with Crippen LogP contribution in [0.3, 0.4) is 0 Å². The Morgan fingerprint density at radius 3 is 2.86 bits per heavy atom. The SMILES string of the molecule is CC(CCCO)Nc1ccc(N)nn1. The molecule has 0 aliphatic rings. The van der Waals surface area contributed by atoms with Crippen LogP contribution in [0.25, 0.3) is 0 Å². The lowest BCUT2D eigenvalue weighted by Crippen LogP contribution is -2.16. The molecule has 0 aliphatic carbocycles. The van der Waals surface area contributed by atoms with Gasteiger partial charge in [-0.2, -0.15) is 0 Å². The lowest BCUT2D eigenvalue weighted by Gasteiger charge is -2.12. The number of nitrogens with one attached hydrogen (secondary N) is 1. The average Bonchev–Trinajstić information content (AvgIpc) is 2.18. The van der Waals surface area contributed by atoms with Gasteiger partial charge >= 0.3 is 0 Å². The second-order valence-corrected chi connectivity index (χ2v) is 3.25. The zero-order valence-electron chi connectivity index (χ0n) is 8.27. The van der Waals surface area contributed by atoms with E-state index in [2.05, 4.69) is 15.5 Å². The number of hydrogen-bond acceptors (Lipinski definition) is 5. The van der Waals surface area contributed by atoms with Crippen molar-refractivity contribution in [1.29, 1.82) is 0 Å². The van der Waals surface area contributed by atoms with Gasteiger partial charge < -0.3 is 16.2 Å². The summed E-state index contributed by atoms with van der Waals surface area (Å²) in [5.41, 5.74) is 5.40. The number of nitrogen functional groups attached to an aromatic ring is 1. The number of hydrogen-bond donors (Lipinski definition) is 3. The van der Waals surface area contributed by atoms with Gasteiger partial charge in [0.25, 0.3) is 0 Å². The minimum Gasteiger partial charge on any atom is -0.396 e. The van der Waals surface area contributed by atoms with E-state index in [0.717, 1.165) is 12.8 Å². The van der Waals surface area contributed by atoms with Crippen molar-refractivity contribution in [1.82, 2.24) is 10.2 Å². The van der Waals surface area contributed by atoms with Crippen molar-refractivity contribution < 1.29 is 5.11 Å². The van der Waals surface area contributed by atoms with Crippen molar-refractivity contribution in [3.05, 3.63) is 12.1 Å². The van der Waals surface area contributed by atoms with E-state index in [1.165, 1.54) is 0 Å². The first kappa shape index (κ1) is 10.7. The van der Waals surface area contributed by atoms with Crippen LogP contribution < -0.4 is 11.1 Å². The normalized spacial score (nSPS) is 12.4. The highest BCUT2D eigenvalue weighted by atomic mass is 16.2. The number of aliphatic hydroxyl groups excluding tert-OH is 1. The summed E-state index contributed by atoms with van der Waals surface area (Å²) in [6.07, 6.45) is 1.69. The molecule has 1 aromatic rings. The Labute approximate surface area is 83.3 Å². The molecule has 5 heteroatoms. The van der Waals surface area contributed by atoms with E-state index in [1.807, 2.05) is 6.92 Å². The highest BCUT2D eigenvalue weighted by molar-refractivity contribution is 5.38. The van der Waals surface area contributed by atoms with E-state index < -0.39 is 0 Å². The maximum Gasteiger partial charge on any atom is 0.149 e. The molecular weight excluding hydrogens is 180 g/mol. The molecule has 0 aromatic carbocycles. The van der Waals surface area contributed by atoms with Crippen molar-refractivity contribution in [2.75, 3.05) is 17.7 Å². The van der Waals surface area contributed by atoms with Crippen LogP contribution in [0.4, 0.5) is 11.6 Å². The molecule has 1 aromatic heterocycles. The highest BCUT2D eigenvalue weighted by Gasteiger charge is 2.02. The summed E-state index contributed by atoms with van der Waals surface area (Å²) in [7, 11) is 0. The third-order valence-electron chi connectivity index (χ3n) is 1.87. The van der Waals surface area contributed by atoms with Crippen molar-refractivity contribution >= 4 is 11.6 Å². The zero-order valence-corrected chi connectivity index (χ0v) is 8.27. The van der Waals surface area contributed by atoms with Crippen molar-refractivity contribution in [2.45, 2.75) is 25.8 Å². The zero-order chi connectivity index (χ0) is 10.4. The Kier molecular flexibility index (Phi) is 4.12. The Morgan fingerprint density at radius 1 is 1.50 bits per heavy atom. The first-order chi connectivity index (χ1) is 6.72. The van der Waals surface area contributed by atoms with Gasteiger partial charge in [0.05, 0.1) is 0 Å². The summed E-state index contributed by atoms with van der Waals surface area (Å²) in [6, 6.07) is 3.77. The molecule has 4 N–H and O–H groups in total. The lowest BCUT2D eigenvalue weighted by atomic mass is 10.2. The Balaban J connectivity index is 2.39. The monoisotopic (exact) mass is 196 g/mol. The van der Waals surface area contributed by atoms with Gasteiger partial charge in [-0.15, -0.1) is 10.2 Å². The van der Waals surface area contributed by atoms with Gasteiger partial charge in [0.1, 0.15) is 11.6 Å². The second-order valence-electron chi connectivity index (χ2n) is 3.25. The van der Waals surface area contributed by atoms with E-state index in [0.29, 0.717) is 11.6 Å². The molecule has 1 atom stereocenters. The lowest BCUT2D eigenvalue weighted by molar-refractivity contribution is 0.282. The predicted molar refractivity (Wildman–Crippen MR) is 55.8 cm³/mol. The molecular formula is C9H16N4O. The number of rotatable bonds is 5.